The largest absolute Gasteiger partial charge is 0.393 e. The molecule has 0 radical (unpaired) electrons. The highest BCUT2D eigenvalue weighted by molar-refractivity contribution is 7.13. The van der Waals surface area contributed by atoms with Crippen LogP contribution in [0.3, 0.4) is 0 Å². The van der Waals surface area contributed by atoms with Crippen LogP contribution in [0.4, 0.5) is 0 Å². The van der Waals surface area contributed by atoms with Crippen molar-refractivity contribution in [2.24, 2.45) is 5.41 Å². The minimum atomic E-state index is -0.372. The van der Waals surface area contributed by atoms with Gasteiger partial charge in [-0.15, -0.1) is 11.3 Å². The average Bonchev–Trinajstić information content (AvgIpc) is 2.90. The number of nitrogens with zero attached hydrogens (tertiary/aromatic N) is 1. The van der Waals surface area contributed by atoms with Gasteiger partial charge >= 0.3 is 0 Å². The molecule has 2 aromatic rings. The van der Waals surface area contributed by atoms with Crippen molar-refractivity contribution >= 4 is 17.2 Å². The van der Waals surface area contributed by atoms with Gasteiger partial charge in [-0.25, -0.2) is 4.98 Å². The van der Waals surface area contributed by atoms with E-state index in [9.17, 15) is 9.90 Å². The number of carbonyl (C=O) groups is 1. The third kappa shape index (κ3) is 5.15. The van der Waals surface area contributed by atoms with Crippen LogP contribution in [0.15, 0.2) is 29.6 Å². The van der Waals surface area contributed by atoms with E-state index in [0.717, 1.165) is 16.3 Å². The van der Waals surface area contributed by atoms with Gasteiger partial charge in [-0.3, -0.25) is 4.79 Å². The van der Waals surface area contributed by atoms with Gasteiger partial charge in [-0.05, 0) is 37.8 Å². The van der Waals surface area contributed by atoms with Crippen LogP contribution in [0.2, 0.25) is 0 Å². The van der Waals surface area contributed by atoms with Crippen molar-refractivity contribution in [1.29, 1.82) is 0 Å². The first-order valence-corrected chi connectivity index (χ1v) is 8.64. The summed E-state index contributed by atoms with van der Waals surface area (Å²) in [5.41, 5.74) is 2.53. The number of benzene rings is 1. The number of aliphatic hydroxyl groups excluding tert-OH is 1. The van der Waals surface area contributed by atoms with E-state index >= 15 is 0 Å². The maximum absolute atomic E-state index is 12.2. The number of rotatable bonds is 6. The summed E-state index contributed by atoms with van der Waals surface area (Å²) in [5, 5.41) is 15.4. The molecule has 124 valence electrons. The van der Waals surface area contributed by atoms with Crippen LogP contribution in [-0.4, -0.2) is 28.6 Å². The van der Waals surface area contributed by atoms with Gasteiger partial charge in [0.15, 0.2) is 0 Å². The lowest BCUT2D eigenvalue weighted by Gasteiger charge is -2.26. The second-order valence-corrected chi connectivity index (χ2v) is 7.63. The normalized spacial score (nSPS) is 12.9. The van der Waals surface area contributed by atoms with E-state index in [-0.39, 0.29) is 17.4 Å². The Kier molecular flexibility index (Phi) is 5.55. The Bertz CT molecular complexity index is 660. The van der Waals surface area contributed by atoms with Gasteiger partial charge in [0.25, 0.3) is 5.91 Å². The van der Waals surface area contributed by atoms with Crippen molar-refractivity contribution in [2.45, 2.75) is 40.2 Å². The summed E-state index contributed by atoms with van der Waals surface area (Å²) in [6.07, 6.45) is 0.276. The quantitative estimate of drug-likeness (QED) is 0.849. The molecule has 0 saturated heterocycles. The summed E-state index contributed by atoms with van der Waals surface area (Å²) >= 11 is 1.60. The fourth-order valence-electron chi connectivity index (χ4n) is 2.54. The molecule has 5 heteroatoms. The molecule has 4 nitrogen and oxygen atoms in total. The van der Waals surface area contributed by atoms with Gasteiger partial charge in [-0.2, -0.15) is 0 Å². The van der Waals surface area contributed by atoms with E-state index in [4.69, 9.17) is 0 Å². The lowest BCUT2D eigenvalue weighted by Crippen LogP contribution is -2.35. The summed E-state index contributed by atoms with van der Waals surface area (Å²) in [4.78, 5) is 16.7. The second kappa shape index (κ2) is 7.23. The number of carbonyl (C=O) groups excluding carboxylic acids is 1. The Labute approximate surface area is 141 Å². The van der Waals surface area contributed by atoms with Crippen LogP contribution in [0.1, 0.15) is 43.2 Å². The average molecular weight is 332 g/mol. The molecule has 1 aromatic carbocycles. The number of nitrogens with one attached hydrogen (secondary N) is 1. The monoisotopic (exact) mass is 332 g/mol. The Morgan fingerprint density at radius 2 is 2.00 bits per heavy atom. The predicted molar refractivity (Wildman–Crippen MR) is 94.7 cm³/mol. The molecule has 1 unspecified atom stereocenters. The molecule has 1 amide bonds. The summed E-state index contributed by atoms with van der Waals surface area (Å²) in [5.74, 6) is -0.0921. The van der Waals surface area contributed by atoms with Crippen LogP contribution in [0.25, 0.3) is 10.6 Å². The van der Waals surface area contributed by atoms with Gasteiger partial charge in [-0.1, -0.05) is 26.0 Å². The first-order chi connectivity index (χ1) is 10.8. The molecule has 2 rings (SSSR count). The molecule has 0 saturated carbocycles. The molecule has 0 aliphatic heterocycles. The number of aliphatic hydroxyl groups is 1. The SMILES string of the molecule is Cc1csc(-c2ccc(C(=O)NCC(C)(C)CC(C)O)cc2)n1. The van der Waals surface area contributed by atoms with Gasteiger partial charge in [0.1, 0.15) is 5.01 Å². The molecule has 23 heavy (non-hydrogen) atoms. The van der Waals surface area contributed by atoms with Crippen molar-refractivity contribution < 1.29 is 9.90 Å². The van der Waals surface area contributed by atoms with Gasteiger partial charge in [0, 0.05) is 28.7 Å². The molecular weight excluding hydrogens is 308 g/mol. The molecule has 0 bridgehead atoms. The highest BCUT2D eigenvalue weighted by Crippen LogP contribution is 2.24. The Morgan fingerprint density at radius 3 is 2.52 bits per heavy atom. The van der Waals surface area contributed by atoms with Gasteiger partial charge in [0.05, 0.1) is 6.10 Å². The summed E-state index contributed by atoms with van der Waals surface area (Å²) in [6.45, 7) is 8.34. The van der Waals surface area contributed by atoms with E-state index in [2.05, 4.69) is 10.3 Å². The molecule has 1 aromatic heterocycles. The van der Waals surface area contributed by atoms with E-state index in [0.29, 0.717) is 18.5 Å². The number of aromatic nitrogens is 1. The van der Waals surface area contributed by atoms with E-state index in [1.165, 1.54) is 0 Å². The Morgan fingerprint density at radius 1 is 1.35 bits per heavy atom. The zero-order chi connectivity index (χ0) is 17.0. The maximum Gasteiger partial charge on any atom is 0.251 e. The molecular formula is C18H24N2O2S. The maximum atomic E-state index is 12.2. The Hall–Kier alpha value is -1.72. The molecule has 1 atom stereocenters. The fraction of sp³-hybridized carbons (Fsp3) is 0.444. The lowest BCUT2D eigenvalue weighted by molar-refractivity contribution is 0.0902. The smallest absolute Gasteiger partial charge is 0.251 e. The predicted octanol–water partition coefficient (Wildman–Crippen LogP) is 3.65. The molecule has 0 aliphatic carbocycles. The van der Waals surface area contributed by atoms with Crippen LogP contribution in [-0.2, 0) is 0 Å². The second-order valence-electron chi connectivity index (χ2n) is 6.77. The molecule has 0 fully saturated rings. The first-order valence-electron chi connectivity index (χ1n) is 7.76. The fourth-order valence-corrected chi connectivity index (χ4v) is 3.35. The zero-order valence-electron chi connectivity index (χ0n) is 14.1. The summed E-state index contributed by atoms with van der Waals surface area (Å²) < 4.78 is 0. The Balaban J connectivity index is 1.98. The van der Waals surface area contributed by atoms with Crippen molar-refractivity contribution in [2.75, 3.05) is 6.54 Å². The van der Waals surface area contributed by atoms with Crippen molar-refractivity contribution in [1.82, 2.24) is 10.3 Å². The van der Waals surface area contributed by atoms with Crippen LogP contribution in [0, 0.1) is 12.3 Å². The molecule has 2 N–H and O–H groups in total. The van der Waals surface area contributed by atoms with Crippen molar-refractivity contribution in [3.63, 3.8) is 0 Å². The highest BCUT2D eigenvalue weighted by Gasteiger charge is 2.21. The van der Waals surface area contributed by atoms with Crippen LogP contribution >= 0.6 is 11.3 Å². The summed E-state index contributed by atoms with van der Waals surface area (Å²) in [6, 6.07) is 7.49. The van der Waals surface area contributed by atoms with Crippen LogP contribution < -0.4 is 5.32 Å². The van der Waals surface area contributed by atoms with Crippen molar-refractivity contribution in [3.05, 3.63) is 40.9 Å². The number of hydrogen-bond donors (Lipinski definition) is 2. The number of thiazole rings is 1. The topological polar surface area (TPSA) is 62.2 Å². The minimum absolute atomic E-state index is 0.0921. The van der Waals surface area contributed by atoms with E-state index in [1.807, 2.05) is 50.4 Å². The third-order valence-electron chi connectivity index (χ3n) is 3.59. The third-order valence-corrected chi connectivity index (χ3v) is 4.60. The minimum Gasteiger partial charge on any atom is -0.393 e. The van der Waals surface area contributed by atoms with Crippen LogP contribution in [0.5, 0.6) is 0 Å². The zero-order valence-corrected chi connectivity index (χ0v) is 14.9. The number of hydrogen-bond acceptors (Lipinski definition) is 4. The van der Waals surface area contributed by atoms with E-state index in [1.54, 1.807) is 18.3 Å². The summed E-state index contributed by atoms with van der Waals surface area (Å²) in [7, 11) is 0. The first kappa shape index (κ1) is 17.6. The van der Waals surface area contributed by atoms with Gasteiger partial charge < -0.3 is 10.4 Å². The van der Waals surface area contributed by atoms with Gasteiger partial charge in [0.2, 0.25) is 0 Å². The molecule has 0 spiro atoms. The molecule has 1 heterocycles. The molecule has 0 aliphatic rings. The van der Waals surface area contributed by atoms with Crippen molar-refractivity contribution in [3.8, 4) is 10.6 Å². The number of amides is 1. The lowest BCUT2D eigenvalue weighted by atomic mass is 9.87. The standard InChI is InChI=1S/C18H24N2O2S/c1-12-10-23-17(20-12)15-7-5-14(6-8-15)16(22)19-11-18(3,4)9-13(2)21/h5-8,10,13,21H,9,11H2,1-4H3,(H,19,22). The van der Waals surface area contributed by atoms with E-state index < -0.39 is 0 Å². The highest BCUT2D eigenvalue weighted by atomic mass is 32.1. The number of aryl methyl sites for hydroxylation is 1.